The summed E-state index contributed by atoms with van der Waals surface area (Å²) in [5.74, 6) is -0.836. The van der Waals surface area contributed by atoms with Crippen LogP contribution >= 0.6 is 0 Å². The fourth-order valence-electron chi connectivity index (χ4n) is 1.66. The van der Waals surface area contributed by atoms with Crippen LogP contribution in [0.2, 0.25) is 0 Å². The quantitative estimate of drug-likeness (QED) is 0.298. The molecule has 0 radical (unpaired) electrons. The van der Waals surface area contributed by atoms with Crippen LogP contribution in [-0.2, 0) is 19.0 Å². The van der Waals surface area contributed by atoms with Crippen molar-refractivity contribution < 1.29 is 29.2 Å². The van der Waals surface area contributed by atoms with E-state index >= 15 is 0 Å². The van der Waals surface area contributed by atoms with Gasteiger partial charge in [-0.2, -0.15) is 0 Å². The molecule has 1 aliphatic heterocycles. The van der Waals surface area contributed by atoms with E-state index in [-0.39, 0.29) is 6.61 Å². The van der Waals surface area contributed by atoms with Crippen LogP contribution in [0.1, 0.15) is 6.92 Å². The maximum atomic E-state index is 11.4. The summed E-state index contributed by atoms with van der Waals surface area (Å²) in [5, 5.41) is 22.9. The summed E-state index contributed by atoms with van der Waals surface area (Å²) in [6.07, 6.45) is -5.40. The Morgan fingerprint density at radius 1 is 1.50 bits per heavy atom. The Balaban J connectivity index is 2.95. The first-order valence-corrected chi connectivity index (χ1v) is 5.32. The van der Waals surface area contributed by atoms with E-state index < -0.39 is 36.6 Å². The molecule has 0 unspecified atom stereocenters. The molecule has 0 aromatic rings. The van der Waals surface area contributed by atoms with Gasteiger partial charge in [0.15, 0.2) is 12.4 Å². The van der Waals surface area contributed by atoms with Gasteiger partial charge in [-0.05, 0) is 12.5 Å². The van der Waals surface area contributed by atoms with Crippen molar-refractivity contribution in [2.75, 3.05) is 13.7 Å². The van der Waals surface area contributed by atoms with Crippen molar-refractivity contribution in [3.05, 3.63) is 10.4 Å². The fourth-order valence-corrected chi connectivity index (χ4v) is 1.66. The zero-order chi connectivity index (χ0) is 13.7. The third-order valence-corrected chi connectivity index (χ3v) is 2.52. The summed E-state index contributed by atoms with van der Waals surface area (Å²) in [7, 11) is 1.13. The van der Waals surface area contributed by atoms with Gasteiger partial charge in [-0.25, -0.2) is 4.79 Å². The number of azide groups is 1. The lowest BCUT2D eigenvalue weighted by atomic mass is 9.97. The largest absolute Gasteiger partial charge is 0.467 e. The van der Waals surface area contributed by atoms with Gasteiger partial charge >= 0.3 is 5.97 Å². The zero-order valence-electron chi connectivity index (χ0n) is 9.96. The first-order chi connectivity index (χ1) is 8.56. The van der Waals surface area contributed by atoms with Gasteiger partial charge < -0.3 is 24.4 Å². The molecule has 0 aromatic heterocycles. The molecule has 0 bridgehead atoms. The molecule has 1 saturated heterocycles. The molecule has 18 heavy (non-hydrogen) atoms. The average Bonchev–Trinajstić information content (AvgIpc) is 2.37. The number of methoxy groups -OCH3 is 1. The standard InChI is InChI=1S/C9H15N3O6/c1-3-17-9-6(14)4(11-12-10)5(13)7(18-9)8(15)16-2/h4-7,9,13-14H,3H2,1-2H3/t4-,5-,6+,7-,9+/m0/s1. The highest BCUT2D eigenvalue weighted by molar-refractivity contribution is 5.75. The highest BCUT2D eigenvalue weighted by Gasteiger charge is 2.48. The van der Waals surface area contributed by atoms with Gasteiger partial charge in [0, 0.05) is 11.5 Å². The minimum absolute atomic E-state index is 0.217. The second kappa shape index (κ2) is 6.53. The van der Waals surface area contributed by atoms with Crippen LogP contribution in [0.5, 0.6) is 0 Å². The number of carbonyl (C=O) groups excluding carboxylic acids is 1. The molecule has 1 fully saturated rings. The Morgan fingerprint density at radius 2 is 2.17 bits per heavy atom. The van der Waals surface area contributed by atoms with Crippen molar-refractivity contribution in [3.8, 4) is 0 Å². The lowest BCUT2D eigenvalue weighted by Crippen LogP contribution is -2.59. The fraction of sp³-hybridized carbons (Fsp3) is 0.889. The third-order valence-electron chi connectivity index (χ3n) is 2.52. The zero-order valence-corrected chi connectivity index (χ0v) is 9.96. The molecular formula is C9H15N3O6. The van der Waals surface area contributed by atoms with Gasteiger partial charge in [-0.15, -0.1) is 0 Å². The van der Waals surface area contributed by atoms with Crippen molar-refractivity contribution >= 4 is 5.97 Å². The molecule has 0 aliphatic carbocycles. The number of aliphatic hydroxyl groups excluding tert-OH is 2. The van der Waals surface area contributed by atoms with Crippen LogP contribution in [0.15, 0.2) is 5.11 Å². The smallest absolute Gasteiger partial charge is 0.337 e. The van der Waals surface area contributed by atoms with Crippen LogP contribution in [0, 0.1) is 0 Å². The summed E-state index contributed by atoms with van der Waals surface area (Å²) in [6.45, 7) is 1.88. The van der Waals surface area contributed by atoms with Crippen LogP contribution in [0.4, 0.5) is 0 Å². The highest BCUT2D eigenvalue weighted by Crippen LogP contribution is 2.25. The maximum absolute atomic E-state index is 11.4. The number of rotatable bonds is 4. The molecule has 1 rings (SSSR count). The van der Waals surface area contributed by atoms with Crippen molar-refractivity contribution in [2.24, 2.45) is 5.11 Å². The van der Waals surface area contributed by atoms with Crippen LogP contribution < -0.4 is 0 Å². The van der Waals surface area contributed by atoms with E-state index in [2.05, 4.69) is 14.8 Å². The molecule has 1 heterocycles. The van der Waals surface area contributed by atoms with E-state index in [1.54, 1.807) is 6.92 Å². The van der Waals surface area contributed by atoms with E-state index in [0.717, 1.165) is 7.11 Å². The summed E-state index contributed by atoms with van der Waals surface area (Å²) < 4.78 is 14.6. The second-order valence-electron chi connectivity index (χ2n) is 3.58. The van der Waals surface area contributed by atoms with E-state index in [4.69, 9.17) is 15.0 Å². The molecule has 0 spiro atoms. The molecule has 9 nitrogen and oxygen atoms in total. The number of hydrogen-bond acceptors (Lipinski definition) is 7. The van der Waals surface area contributed by atoms with Gasteiger partial charge in [0.2, 0.25) is 0 Å². The van der Waals surface area contributed by atoms with Crippen molar-refractivity contribution in [3.63, 3.8) is 0 Å². The third kappa shape index (κ3) is 2.89. The molecule has 2 N–H and O–H groups in total. The maximum Gasteiger partial charge on any atom is 0.337 e. The Hall–Kier alpha value is -1.38. The Labute approximate surface area is 103 Å². The first-order valence-electron chi connectivity index (χ1n) is 5.32. The van der Waals surface area contributed by atoms with Gasteiger partial charge in [-0.3, -0.25) is 0 Å². The second-order valence-corrected chi connectivity index (χ2v) is 3.58. The minimum Gasteiger partial charge on any atom is -0.467 e. The Bertz CT molecular complexity index is 345. The van der Waals surface area contributed by atoms with Crippen LogP contribution in [0.3, 0.4) is 0 Å². The molecule has 1 aliphatic rings. The van der Waals surface area contributed by atoms with E-state index in [1.807, 2.05) is 0 Å². The lowest BCUT2D eigenvalue weighted by molar-refractivity contribution is -0.269. The molecule has 0 amide bonds. The van der Waals surface area contributed by atoms with Crippen molar-refractivity contribution in [2.45, 2.75) is 37.6 Å². The van der Waals surface area contributed by atoms with E-state index in [9.17, 15) is 15.0 Å². The van der Waals surface area contributed by atoms with Crippen molar-refractivity contribution in [1.82, 2.24) is 0 Å². The van der Waals surface area contributed by atoms with Crippen LogP contribution in [-0.4, -0.2) is 60.5 Å². The topological polar surface area (TPSA) is 134 Å². The SMILES string of the molecule is CCO[C@@H]1O[C@H](C(=O)OC)[C@@H](O)[C@H](N=[N+]=[N-])[C@H]1O. The number of carbonyl (C=O) groups is 1. The van der Waals surface area contributed by atoms with Gasteiger partial charge in [0.1, 0.15) is 12.2 Å². The molecular weight excluding hydrogens is 246 g/mol. The summed E-state index contributed by atoms with van der Waals surface area (Å²) in [6, 6.07) is -1.25. The number of esters is 1. The molecule has 0 aromatic carbocycles. The van der Waals surface area contributed by atoms with E-state index in [0.29, 0.717) is 0 Å². The molecule has 5 atom stereocenters. The molecule has 0 saturated carbocycles. The normalized spacial score (nSPS) is 35.7. The number of ether oxygens (including phenoxy) is 3. The van der Waals surface area contributed by atoms with Gasteiger partial charge in [0.25, 0.3) is 0 Å². The number of aliphatic hydroxyl groups is 2. The average molecular weight is 261 g/mol. The summed E-state index contributed by atoms with van der Waals surface area (Å²) in [5.41, 5.74) is 8.39. The number of hydrogen-bond donors (Lipinski definition) is 2. The lowest BCUT2D eigenvalue weighted by Gasteiger charge is -2.39. The molecule has 102 valence electrons. The molecule has 9 heteroatoms. The van der Waals surface area contributed by atoms with Gasteiger partial charge in [-0.1, -0.05) is 5.11 Å². The predicted molar refractivity (Wildman–Crippen MR) is 57.3 cm³/mol. The Kier molecular flexibility index (Phi) is 5.32. The van der Waals surface area contributed by atoms with Gasteiger partial charge in [0.05, 0.1) is 13.2 Å². The minimum atomic E-state index is -1.50. The van der Waals surface area contributed by atoms with Crippen LogP contribution in [0.25, 0.3) is 10.4 Å². The Morgan fingerprint density at radius 3 is 2.67 bits per heavy atom. The first kappa shape index (κ1) is 14.7. The summed E-state index contributed by atoms with van der Waals surface area (Å²) >= 11 is 0. The monoisotopic (exact) mass is 261 g/mol. The van der Waals surface area contributed by atoms with Crippen molar-refractivity contribution in [1.29, 1.82) is 0 Å². The summed E-state index contributed by atoms with van der Waals surface area (Å²) in [4.78, 5) is 13.9. The number of nitrogens with zero attached hydrogens (tertiary/aromatic N) is 3. The highest BCUT2D eigenvalue weighted by atomic mass is 16.7. The predicted octanol–water partition coefficient (Wildman–Crippen LogP) is -0.679. The van der Waals surface area contributed by atoms with E-state index in [1.165, 1.54) is 0 Å².